The van der Waals surface area contributed by atoms with Crippen molar-refractivity contribution in [3.8, 4) is 5.75 Å². The lowest BCUT2D eigenvalue weighted by Crippen LogP contribution is -2.44. The van der Waals surface area contributed by atoms with Crippen molar-refractivity contribution in [2.45, 2.75) is 78.1 Å². The molecule has 7 heteroatoms. The predicted octanol–water partition coefficient (Wildman–Crippen LogP) is 4.69. The highest BCUT2D eigenvalue weighted by Crippen LogP contribution is 2.52. The molecule has 1 amide bonds. The number of carbonyl (C=O) groups excluding carboxylic acids is 1. The summed E-state index contributed by atoms with van der Waals surface area (Å²) in [7, 11) is 0. The smallest absolute Gasteiger partial charge is 0.219 e. The summed E-state index contributed by atoms with van der Waals surface area (Å²) in [5.74, 6) is 1.37. The summed E-state index contributed by atoms with van der Waals surface area (Å²) in [5, 5.41) is 17.8. The van der Waals surface area contributed by atoms with Gasteiger partial charge in [0.05, 0.1) is 11.7 Å². The molecule has 3 heterocycles. The van der Waals surface area contributed by atoms with E-state index in [0.29, 0.717) is 5.90 Å². The van der Waals surface area contributed by atoms with Crippen LogP contribution in [0.2, 0.25) is 0 Å². The molecular weight excluding hydrogens is 428 g/mol. The Hall–Kier alpha value is -2.90. The summed E-state index contributed by atoms with van der Waals surface area (Å²) in [5.41, 5.74) is 5.74. The predicted molar refractivity (Wildman–Crippen MR) is 132 cm³/mol. The molecule has 0 spiro atoms. The second-order valence-corrected chi connectivity index (χ2v) is 10.4. The molecule has 0 saturated heterocycles. The second-order valence-electron chi connectivity index (χ2n) is 10.4. The average molecular weight is 463 g/mol. The molecule has 34 heavy (non-hydrogen) atoms. The first-order chi connectivity index (χ1) is 16.2. The number of aromatic nitrogens is 1. The number of H-pyrrole nitrogens is 1. The SMILES string of the molecule is CCC1=CC2=Nc3c(c[nH]c3C1)C(O)NC(C)C(C)(C)C1CC(NC(C)=O)c3ccc(cc31)O2. The average Bonchev–Trinajstić information content (AvgIpc) is 3.28. The normalized spacial score (nSPS) is 27.2. The fourth-order valence-electron chi connectivity index (χ4n) is 5.60. The van der Waals surface area contributed by atoms with Crippen molar-refractivity contribution in [1.82, 2.24) is 15.6 Å². The maximum Gasteiger partial charge on any atom is 0.219 e. The number of aromatic amines is 1. The Bertz CT molecular complexity index is 1190. The third-order valence-corrected chi connectivity index (χ3v) is 7.97. The van der Waals surface area contributed by atoms with Gasteiger partial charge in [-0.15, -0.1) is 0 Å². The highest BCUT2D eigenvalue weighted by molar-refractivity contribution is 5.93. The van der Waals surface area contributed by atoms with Crippen LogP contribution in [0.25, 0.3) is 0 Å². The maximum absolute atomic E-state index is 11.9. The lowest BCUT2D eigenvalue weighted by atomic mass is 9.70. The van der Waals surface area contributed by atoms with E-state index in [4.69, 9.17) is 9.73 Å². The first-order valence-electron chi connectivity index (χ1n) is 12.2. The number of benzene rings is 1. The Balaban J connectivity index is 1.66. The van der Waals surface area contributed by atoms with Crippen molar-refractivity contribution in [3.63, 3.8) is 0 Å². The van der Waals surface area contributed by atoms with Crippen LogP contribution in [-0.2, 0) is 11.2 Å². The monoisotopic (exact) mass is 462 g/mol. The number of allylic oxidation sites excluding steroid dienone is 1. The van der Waals surface area contributed by atoms with Crippen LogP contribution in [-0.4, -0.2) is 27.9 Å². The topological polar surface area (TPSA) is 98.7 Å². The van der Waals surface area contributed by atoms with Crippen LogP contribution in [0.5, 0.6) is 5.75 Å². The molecule has 1 aliphatic carbocycles. The van der Waals surface area contributed by atoms with Crippen molar-refractivity contribution < 1.29 is 14.6 Å². The molecule has 0 radical (unpaired) electrons. The van der Waals surface area contributed by atoms with Crippen LogP contribution in [0.1, 0.15) is 88.0 Å². The summed E-state index contributed by atoms with van der Waals surface area (Å²) >= 11 is 0. The molecule has 7 nitrogen and oxygen atoms in total. The van der Waals surface area contributed by atoms with Gasteiger partial charge in [-0.05, 0) is 54.4 Å². The fraction of sp³-hybridized carbons (Fsp3) is 0.481. The Morgan fingerprint density at radius 1 is 1.29 bits per heavy atom. The molecule has 5 rings (SSSR count). The molecule has 4 bridgehead atoms. The van der Waals surface area contributed by atoms with E-state index in [2.05, 4.69) is 55.4 Å². The number of amides is 1. The third-order valence-electron chi connectivity index (χ3n) is 7.97. The number of carbonyl (C=O) groups is 1. The number of aliphatic hydroxyl groups excluding tert-OH is 1. The number of fused-ring (bicyclic) bond motifs is 1. The molecule has 1 aromatic carbocycles. The molecule has 1 aromatic heterocycles. The lowest BCUT2D eigenvalue weighted by Gasteiger charge is -2.40. The standard InChI is InChI=1S/C27H34N4O3/c1-6-16-9-23-25-20(13-28-23)26(33)29-14(2)27(4,5)21-12-22(30-15(3)32)18-8-7-17(11-19(18)21)34-24(10-16)31-25/h7-8,10-11,13-14,21-22,26,28-29,33H,6,9,12H2,1-5H3,(H,30,32). The highest BCUT2D eigenvalue weighted by Gasteiger charge is 2.44. The summed E-state index contributed by atoms with van der Waals surface area (Å²) < 4.78 is 6.35. The number of nitrogens with one attached hydrogen (secondary N) is 3. The minimum atomic E-state index is -0.877. The molecule has 3 aliphatic rings. The van der Waals surface area contributed by atoms with Crippen LogP contribution >= 0.6 is 0 Å². The summed E-state index contributed by atoms with van der Waals surface area (Å²) in [6, 6.07) is 6.08. The van der Waals surface area contributed by atoms with E-state index in [1.54, 1.807) is 6.92 Å². The molecule has 180 valence electrons. The van der Waals surface area contributed by atoms with Crippen LogP contribution in [0, 0.1) is 5.41 Å². The summed E-state index contributed by atoms with van der Waals surface area (Å²) in [4.78, 5) is 20.1. The lowest BCUT2D eigenvalue weighted by molar-refractivity contribution is -0.119. The van der Waals surface area contributed by atoms with Gasteiger partial charge in [0, 0.05) is 42.9 Å². The molecule has 0 fully saturated rings. The first-order valence-corrected chi connectivity index (χ1v) is 12.2. The summed E-state index contributed by atoms with van der Waals surface area (Å²) in [6.45, 7) is 10.2. The van der Waals surface area contributed by atoms with Crippen molar-refractivity contribution in [2.75, 3.05) is 0 Å². The van der Waals surface area contributed by atoms with E-state index in [9.17, 15) is 9.90 Å². The largest absolute Gasteiger partial charge is 0.439 e. The van der Waals surface area contributed by atoms with Crippen LogP contribution in [0.15, 0.2) is 41.0 Å². The van der Waals surface area contributed by atoms with Crippen molar-refractivity contribution in [2.24, 2.45) is 10.4 Å². The van der Waals surface area contributed by atoms with Gasteiger partial charge in [-0.3, -0.25) is 10.1 Å². The Labute approximate surface area is 200 Å². The van der Waals surface area contributed by atoms with Gasteiger partial charge in [-0.2, -0.15) is 0 Å². The number of hydrogen-bond acceptors (Lipinski definition) is 5. The van der Waals surface area contributed by atoms with E-state index in [1.807, 2.05) is 18.3 Å². The zero-order chi connectivity index (χ0) is 24.2. The Kier molecular flexibility index (Phi) is 5.65. The fourth-order valence-corrected chi connectivity index (χ4v) is 5.60. The van der Waals surface area contributed by atoms with E-state index < -0.39 is 6.23 Å². The summed E-state index contributed by atoms with van der Waals surface area (Å²) in [6.07, 6.45) is 5.40. The number of aliphatic hydroxyl groups is 1. The van der Waals surface area contributed by atoms with E-state index >= 15 is 0 Å². The highest BCUT2D eigenvalue weighted by atomic mass is 16.5. The minimum absolute atomic E-state index is 0.0224. The third kappa shape index (κ3) is 3.87. The molecule has 4 atom stereocenters. The Morgan fingerprint density at radius 2 is 2.09 bits per heavy atom. The molecule has 4 N–H and O–H groups in total. The van der Waals surface area contributed by atoms with Crippen LogP contribution in [0.4, 0.5) is 5.69 Å². The number of rotatable bonds is 2. The molecular formula is C27H34N4O3. The number of aliphatic imine (C=N–C) groups is 1. The van der Waals surface area contributed by atoms with E-state index in [0.717, 1.165) is 47.5 Å². The van der Waals surface area contributed by atoms with Gasteiger partial charge >= 0.3 is 0 Å². The number of ether oxygens (including phenoxy) is 1. The van der Waals surface area contributed by atoms with Gasteiger partial charge in [0.1, 0.15) is 12.0 Å². The van der Waals surface area contributed by atoms with Crippen molar-refractivity contribution >= 4 is 17.5 Å². The van der Waals surface area contributed by atoms with Crippen LogP contribution in [0.3, 0.4) is 0 Å². The van der Waals surface area contributed by atoms with Gasteiger partial charge in [0.25, 0.3) is 0 Å². The van der Waals surface area contributed by atoms with Gasteiger partial charge in [-0.25, -0.2) is 4.99 Å². The zero-order valence-corrected chi connectivity index (χ0v) is 20.5. The zero-order valence-electron chi connectivity index (χ0n) is 20.5. The Morgan fingerprint density at radius 3 is 2.82 bits per heavy atom. The van der Waals surface area contributed by atoms with Crippen molar-refractivity contribution in [3.05, 3.63) is 58.4 Å². The number of nitrogens with zero attached hydrogens (tertiary/aromatic N) is 1. The molecule has 2 aliphatic heterocycles. The maximum atomic E-state index is 11.9. The quantitative estimate of drug-likeness (QED) is 0.520. The minimum Gasteiger partial charge on any atom is -0.439 e. The molecule has 0 saturated carbocycles. The van der Waals surface area contributed by atoms with E-state index in [1.165, 1.54) is 11.1 Å². The van der Waals surface area contributed by atoms with Gasteiger partial charge in [-0.1, -0.05) is 32.4 Å². The second kappa shape index (κ2) is 8.40. The van der Waals surface area contributed by atoms with Gasteiger partial charge in [0.2, 0.25) is 11.8 Å². The van der Waals surface area contributed by atoms with Crippen LogP contribution < -0.4 is 15.4 Å². The van der Waals surface area contributed by atoms with Crippen molar-refractivity contribution in [1.29, 1.82) is 0 Å². The van der Waals surface area contributed by atoms with E-state index in [-0.39, 0.29) is 29.3 Å². The van der Waals surface area contributed by atoms with Gasteiger partial charge in [0.15, 0.2) is 0 Å². The molecule has 4 unspecified atom stereocenters. The first kappa shape index (κ1) is 22.9. The number of hydrogen-bond donors (Lipinski definition) is 4. The molecule has 2 aromatic rings. The van der Waals surface area contributed by atoms with Gasteiger partial charge < -0.3 is 20.1 Å².